The summed E-state index contributed by atoms with van der Waals surface area (Å²) in [6, 6.07) is 9.93. The highest BCUT2D eigenvalue weighted by Crippen LogP contribution is 2.17. The van der Waals surface area contributed by atoms with Crippen LogP contribution in [0.2, 0.25) is 0 Å². The van der Waals surface area contributed by atoms with Crippen molar-refractivity contribution in [1.82, 2.24) is 0 Å². The van der Waals surface area contributed by atoms with Crippen molar-refractivity contribution in [3.05, 3.63) is 35.9 Å². The smallest absolute Gasteiger partial charge is 0.384 e. The Hall–Kier alpha value is -1.75. The molecule has 0 bridgehead atoms. The predicted octanol–water partition coefficient (Wildman–Crippen LogP) is 2.36. The monoisotopic (exact) mass is 202 g/mol. The fraction of sp³-hybridized carbons (Fsp3) is 0.308. The third kappa shape index (κ3) is 3.47. The summed E-state index contributed by atoms with van der Waals surface area (Å²) in [5.74, 6) is 5.00. The molecule has 0 amide bonds. The molecule has 1 unspecified atom stereocenters. The van der Waals surface area contributed by atoms with Gasteiger partial charge < -0.3 is 4.74 Å². The molecule has 0 aromatic heterocycles. The lowest BCUT2D eigenvalue weighted by Gasteiger charge is -2.06. The van der Waals surface area contributed by atoms with Crippen molar-refractivity contribution in [3.63, 3.8) is 0 Å². The van der Waals surface area contributed by atoms with Crippen LogP contribution in [0.3, 0.4) is 0 Å². The quantitative estimate of drug-likeness (QED) is 0.418. The number of hydrogen-bond donors (Lipinski definition) is 0. The van der Waals surface area contributed by atoms with Crippen LogP contribution in [0.5, 0.6) is 0 Å². The second-order valence-corrected chi connectivity index (χ2v) is 3.13. The van der Waals surface area contributed by atoms with Gasteiger partial charge in [-0.25, -0.2) is 4.79 Å². The van der Waals surface area contributed by atoms with Crippen LogP contribution in [0.1, 0.15) is 24.8 Å². The van der Waals surface area contributed by atoms with Crippen LogP contribution >= 0.6 is 0 Å². The van der Waals surface area contributed by atoms with E-state index in [0.29, 0.717) is 0 Å². The van der Waals surface area contributed by atoms with Gasteiger partial charge in [0.1, 0.15) is 0 Å². The molecular formula is C13H14O2. The number of benzene rings is 1. The van der Waals surface area contributed by atoms with E-state index in [4.69, 9.17) is 0 Å². The van der Waals surface area contributed by atoms with E-state index in [-0.39, 0.29) is 5.92 Å². The van der Waals surface area contributed by atoms with Crippen LogP contribution in [0.4, 0.5) is 0 Å². The lowest BCUT2D eigenvalue weighted by Crippen LogP contribution is -1.98. The Morgan fingerprint density at radius 2 is 2.07 bits per heavy atom. The van der Waals surface area contributed by atoms with E-state index in [2.05, 4.69) is 16.6 Å². The normalized spacial score (nSPS) is 11.1. The fourth-order valence-electron chi connectivity index (χ4n) is 1.30. The summed E-state index contributed by atoms with van der Waals surface area (Å²) in [4.78, 5) is 10.9. The maximum absolute atomic E-state index is 10.9. The van der Waals surface area contributed by atoms with Crippen molar-refractivity contribution in [3.8, 4) is 11.8 Å². The largest absolute Gasteiger partial charge is 0.459 e. The number of carbonyl (C=O) groups excluding carboxylic acids is 1. The lowest BCUT2D eigenvalue weighted by atomic mass is 9.97. The zero-order valence-corrected chi connectivity index (χ0v) is 8.99. The third-order valence-electron chi connectivity index (χ3n) is 2.14. The Bertz CT molecular complexity index is 371. The number of esters is 1. The molecule has 2 heteroatoms. The van der Waals surface area contributed by atoms with Gasteiger partial charge in [0.15, 0.2) is 0 Å². The molecule has 2 nitrogen and oxygen atoms in total. The highest BCUT2D eigenvalue weighted by Gasteiger charge is 2.04. The SMILES string of the molecule is CCC(C#CC(=O)OC)c1ccccc1. The Balaban J connectivity index is 2.80. The van der Waals surface area contributed by atoms with E-state index in [0.717, 1.165) is 12.0 Å². The van der Waals surface area contributed by atoms with Gasteiger partial charge in [-0.2, -0.15) is 0 Å². The molecule has 0 aliphatic heterocycles. The van der Waals surface area contributed by atoms with Crippen LogP contribution in [-0.4, -0.2) is 13.1 Å². The van der Waals surface area contributed by atoms with E-state index in [1.54, 1.807) is 0 Å². The van der Waals surface area contributed by atoms with Crippen LogP contribution in [-0.2, 0) is 9.53 Å². The highest BCUT2D eigenvalue weighted by molar-refractivity contribution is 5.88. The van der Waals surface area contributed by atoms with E-state index >= 15 is 0 Å². The van der Waals surface area contributed by atoms with Crippen LogP contribution in [0.15, 0.2) is 30.3 Å². The molecule has 1 atom stereocenters. The van der Waals surface area contributed by atoms with Crippen molar-refractivity contribution >= 4 is 5.97 Å². The van der Waals surface area contributed by atoms with Crippen molar-refractivity contribution in [2.75, 3.05) is 7.11 Å². The summed E-state index contributed by atoms with van der Waals surface area (Å²) in [7, 11) is 1.33. The molecule has 0 heterocycles. The van der Waals surface area contributed by atoms with Crippen molar-refractivity contribution < 1.29 is 9.53 Å². The predicted molar refractivity (Wildman–Crippen MR) is 59.3 cm³/mol. The first-order valence-corrected chi connectivity index (χ1v) is 4.92. The van der Waals surface area contributed by atoms with Crippen molar-refractivity contribution in [2.45, 2.75) is 19.3 Å². The summed E-state index contributed by atoms with van der Waals surface area (Å²) in [6.45, 7) is 2.05. The fourth-order valence-corrected chi connectivity index (χ4v) is 1.30. The summed E-state index contributed by atoms with van der Waals surface area (Å²) in [5.41, 5.74) is 1.14. The second-order valence-electron chi connectivity index (χ2n) is 3.13. The number of carbonyl (C=O) groups is 1. The number of ether oxygens (including phenoxy) is 1. The summed E-state index contributed by atoms with van der Waals surface area (Å²) in [5, 5.41) is 0. The average Bonchev–Trinajstić information content (AvgIpc) is 2.31. The van der Waals surface area contributed by atoms with Crippen molar-refractivity contribution in [2.24, 2.45) is 0 Å². The van der Waals surface area contributed by atoms with E-state index < -0.39 is 5.97 Å². The number of rotatable bonds is 2. The van der Waals surface area contributed by atoms with Gasteiger partial charge in [-0.05, 0) is 12.0 Å². The minimum atomic E-state index is -0.482. The van der Waals surface area contributed by atoms with Crippen LogP contribution in [0, 0.1) is 11.8 Å². The standard InChI is InChI=1S/C13H14O2/c1-3-11(9-10-13(14)15-2)12-7-5-4-6-8-12/h4-8,11H,3H2,1-2H3. The first-order chi connectivity index (χ1) is 7.27. The van der Waals surface area contributed by atoms with Gasteiger partial charge in [-0.3, -0.25) is 0 Å². The van der Waals surface area contributed by atoms with Gasteiger partial charge >= 0.3 is 5.97 Å². The average molecular weight is 202 g/mol. The molecule has 0 spiro atoms. The summed E-state index contributed by atoms with van der Waals surface area (Å²) in [6.07, 6.45) is 0.883. The van der Waals surface area contributed by atoms with Gasteiger partial charge in [0.2, 0.25) is 0 Å². The maximum atomic E-state index is 10.9. The van der Waals surface area contributed by atoms with Gasteiger partial charge in [0.25, 0.3) is 0 Å². The molecule has 0 aliphatic rings. The van der Waals surface area contributed by atoms with Gasteiger partial charge in [-0.1, -0.05) is 43.2 Å². The van der Waals surface area contributed by atoms with Crippen LogP contribution in [0.25, 0.3) is 0 Å². The van der Waals surface area contributed by atoms with E-state index in [9.17, 15) is 4.79 Å². The zero-order chi connectivity index (χ0) is 11.1. The van der Waals surface area contributed by atoms with Gasteiger partial charge in [0.05, 0.1) is 7.11 Å². The summed E-state index contributed by atoms with van der Waals surface area (Å²) < 4.78 is 4.47. The first kappa shape index (κ1) is 11.3. The maximum Gasteiger partial charge on any atom is 0.384 e. The molecule has 1 rings (SSSR count). The molecular weight excluding hydrogens is 188 g/mol. The minimum absolute atomic E-state index is 0.102. The van der Waals surface area contributed by atoms with E-state index in [1.807, 2.05) is 37.3 Å². The van der Waals surface area contributed by atoms with Gasteiger partial charge in [-0.15, -0.1) is 0 Å². The highest BCUT2D eigenvalue weighted by atomic mass is 16.5. The molecule has 0 saturated carbocycles. The second kappa shape index (κ2) is 5.87. The Kier molecular flexibility index (Phi) is 4.43. The number of hydrogen-bond acceptors (Lipinski definition) is 2. The molecule has 0 fully saturated rings. The lowest BCUT2D eigenvalue weighted by molar-refractivity contribution is -0.133. The molecule has 15 heavy (non-hydrogen) atoms. The molecule has 0 radical (unpaired) electrons. The Morgan fingerprint density at radius 1 is 1.40 bits per heavy atom. The summed E-state index contributed by atoms with van der Waals surface area (Å²) >= 11 is 0. The van der Waals surface area contributed by atoms with Crippen molar-refractivity contribution in [1.29, 1.82) is 0 Å². The molecule has 1 aromatic rings. The Morgan fingerprint density at radius 3 is 2.60 bits per heavy atom. The molecule has 78 valence electrons. The first-order valence-electron chi connectivity index (χ1n) is 4.92. The molecule has 1 aromatic carbocycles. The van der Waals surface area contributed by atoms with Crippen LogP contribution < -0.4 is 0 Å². The minimum Gasteiger partial charge on any atom is -0.459 e. The molecule has 0 aliphatic carbocycles. The van der Waals surface area contributed by atoms with E-state index in [1.165, 1.54) is 7.11 Å². The molecule has 0 saturated heterocycles. The zero-order valence-electron chi connectivity index (χ0n) is 8.99. The third-order valence-corrected chi connectivity index (χ3v) is 2.14. The Labute approximate surface area is 90.3 Å². The van der Waals surface area contributed by atoms with Gasteiger partial charge in [0, 0.05) is 11.8 Å². The number of methoxy groups -OCH3 is 1. The molecule has 0 N–H and O–H groups in total. The topological polar surface area (TPSA) is 26.3 Å².